The fourth-order valence-corrected chi connectivity index (χ4v) is 2.78. The van der Waals surface area contributed by atoms with Gasteiger partial charge in [0, 0.05) is 39.3 Å². The van der Waals surface area contributed by atoms with Gasteiger partial charge < -0.3 is 10.0 Å². The van der Waals surface area contributed by atoms with Gasteiger partial charge in [-0.2, -0.15) is 0 Å². The predicted octanol–water partition coefficient (Wildman–Crippen LogP) is -0.922. The van der Waals surface area contributed by atoms with Gasteiger partial charge in [0.2, 0.25) is 5.91 Å². The van der Waals surface area contributed by atoms with E-state index in [0.717, 1.165) is 45.7 Å². The van der Waals surface area contributed by atoms with E-state index in [4.69, 9.17) is 11.5 Å². The highest BCUT2D eigenvalue weighted by molar-refractivity contribution is 5.78. The van der Waals surface area contributed by atoms with Crippen LogP contribution in [0.5, 0.6) is 0 Å². The van der Waals surface area contributed by atoms with Crippen LogP contribution in [0, 0.1) is 18.3 Å². The average molecular weight is 265 g/mol. The molecule has 2 heterocycles. The van der Waals surface area contributed by atoms with E-state index in [-0.39, 0.29) is 12.5 Å². The monoisotopic (exact) mass is 265 g/mol. The van der Waals surface area contributed by atoms with Crippen molar-refractivity contribution in [3.8, 4) is 12.3 Å². The molecule has 0 radical (unpaired) electrons. The Hall–Kier alpha value is -1.09. The Morgan fingerprint density at radius 3 is 2.53 bits per heavy atom. The average Bonchev–Trinajstić information content (AvgIpc) is 2.87. The summed E-state index contributed by atoms with van der Waals surface area (Å²) >= 11 is 0. The third kappa shape index (κ3) is 3.93. The molecule has 0 spiro atoms. The summed E-state index contributed by atoms with van der Waals surface area (Å²) in [6, 6.07) is 0. The number of aliphatic hydroxyl groups is 1. The molecule has 19 heavy (non-hydrogen) atoms. The van der Waals surface area contributed by atoms with Gasteiger partial charge in [0.05, 0.1) is 13.1 Å². The third-order valence-electron chi connectivity index (χ3n) is 4.03. The Morgan fingerprint density at radius 2 is 1.95 bits per heavy atom. The molecule has 0 aliphatic carbocycles. The van der Waals surface area contributed by atoms with Crippen LogP contribution in [0.3, 0.4) is 0 Å². The maximum Gasteiger partial charge on any atom is 0.236 e. The largest absolute Gasteiger partial charge is 0.396 e. The number of rotatable bonds is 4. The molecule has 1 amide bonds. The molecule has 0 aromatic rings. The summed E-state index contributed by atoms with van der Waals surface area (Å²) in [7, 11) is 0. The lowest BCUT2D eigenvalue weighted by atomic mass is 10.1. The van der Waals surface area contributed by atoms with Crippen molar-refractivity contribution in [2.45, 2.75) is 6.42 Å². The number of piperazine rings is 1. The normalized spacial score (nSPS) is 25.5. The molecule has 1 N–H and O–H groups in total. The van der Waals surface area contributed by atoms with Gasteiger partial charge in [-0.25, -0.2) is 0 Å². The number of amides is 1. The van der Waals surface area contributed by atoms with Crippen molar-refractivity contribution in [2.24, 2.45) is 5.92 Å². The van der Waals surface area contributed by atoms with Crippen molar-refractivity contribution in [2.75, 3.05) is 59.0 Å². The second-order valence-electron chi connectivity index (χ2n) is 5.43. The van der Waals surface area contributed by atoms with E-state index in [0.29, 0.717) is 19.0 Å². The molecule has 0 bridgehead atoms. The van der Waals surface area contributed by atoms with Gasteiger partial charge in [-0.05, 0) is 18.9 Å². The number of likely N-dealkylation sites (tertiary alicyclic amines) is 1. The fourth-order valence-electron chi connectivity index (χ4n) is 2.78. The van der Waals surface area contributed by atoms with Gasteiger partial charge in [0.15, 0.2) is 0 Å². The standard InChI is InChI=1S/C14H23N3O2/c1-2-4-15-6-8-17(9-7-15)14(19)11-16-5-3-13(10-16)12-18/h1,13,18H,3-12H2. The molecule has 1 atom stereocenters. The molecule has 0 aromatic heterocycles. The van der Waals surface area contributed by atoms with E-state index in [1.54, 1.807) is 0 Å². The van der Waals surface area contributed by atoms with E-state index < -0.39 is 0 Å². The van der Waals surface area contributed by atoms with Crippen LogP contribution in [0.4, 0.5) is 0 Å². The van der Waals surface area contributed by atoms with Crippen LogP contribution in [0.25, 0.3) is 0 Å². The fraction of sp³-hybridized carbons (Fsp3) is 0.786. The first-order valence-corrected chi connectivity index (χ1v) is 6.99. The molecule has 106 valence electrons. The van der Waals surface area contributed by atoms with Crippen LogP contribution in [0.2, 0.25) is 0 Å². The van der Waals surface area contributed by atoms with Gasteiger partial charge in [-0.3, -0.25) is 14.6 Å². The predicted molar refractivity (Wildman–Crippen MR) is 73.5 cm³/mol. The molecule has 2 rings (SSSR count). The quantitative estimate of drug-likeness (QED) is 0.668. The summed E-state index contributed by atoms with van der Waals surface area (Å²) in [5.74, 6) is 3.20. The molecule has 2 aliphatic rings. The van der Waals surface area contributed by atoms with Gasteiger partial charge in [0.25, 0.3) is 0 Å². The summed E-state index contributed by atoms with van der Waals surface area (Å²) in [5, 5.41) is 9.10. The van der Waals surface area contributed by atoms with Crippen LogP contribution in [0.1, 0.15) is 6.42 Å². The van der Waals surface area contributed by atoms with Crippen molar-refractivity contribution < 1.29 is 9.90 Å². The van der Waals surface area contributed by atoms with Crippen molar-refractivity contribution in [3.63, 3.8) is 0 Å². The molecule has 0 aromatic carbocycles. The molecule has 0 saturated carbocycles. The number of carbonyl (C=O) groups excluding carboxylic acids is 1. The highest BCUT2D eigenvalue weighted by Gasteiger charge is 2.26. The number of terminal acetylenes is 1. The molecule has 1 unspecified atom stereocenters. The molecule has 2 aliphatic heterocycles. The SMILES string of the molecule is C#CCN1CCN(C(=O)CN2CCC(CO)C2)CC1. The third-order valence-corrected chi connectivity index (χ3v) is 4.03. The maximum absolute atomic E-state index is 12.2. The second-order valence-corrected chi connectivity index (χ2v) is 5.43. The van der Waals surface area contributed by atoms with Crippen molar-refractivity contribution >= 4 is 5.91 Å². The van der Waals surface area contributed by atoms with Crippen molar-refractivity contribution in [1.29, 1.82) is 0 Å². The summed E-state index contributed by atoms with van der Waals surface area (Å²) in [5.41, 5.74) is 0. The first-order valence-electron chi connectivity index (χ1n) is 6.99. The Kier molecular flexibility index (Phi) is 5.20. The Balaban J connectivity index is 1.71. The van der Waals surface area contributed by atoms with Gasteiger partial charge >= 0.3 is 0 Å². The number of hydrogen-bond donors (Lipinski definition) is 1. The van der Waals surface area contributed by atoms with Crippen LogP contribution in [0.15, 0.2) is 0 Å². The Bertz CT molecular complexity index is 345. The zero-order valence-electron chi connectivity index (χ0n) is 11.4. The van der Waals surface area contributed by atoms with E-state index in [1.807, 2.05) is 4.90 Å². The summed E-state index contributed by atoms with van der Waals surface area (Å²) in [6.07, 6.45) is 6.29. The Labute approximate surface area is 115 Å². The second kappa shape index (κ2) is 6.90. The van der Waals surface area contributed by atoms with Crippen LogP contribution >= 0.6 is 0 Å². The summed E-state index contributed by atoms with van der Waals surface area (Å²) < 4.78 is 0. The summed E-state index contributed by atoms with van der Waals surface area (Å²) in [6.45, 7) is 6.46. The minimum Gasteiger partial charge on any atom is -0.396 e. The van der Waals surface area contributed by atoms with Gasteiger partial charge in [0.1, 0.15) is 0 Å². The molecular weight excluding hydrogens is 242 g/mol. The highest BCUT2D eigenvalue weighted by atomic mass is 16.3. The lowest BCUT2D eigenvalue weighted by Gasteiger charge is -2.34. The number of aliphatic hydroxyl groups excluding tert-OH is 1. The molecule has 2 fully saturated rings. The number of nitrogens with zero attached hydrogens (tertiary/aromatic N) is 3. The first-order chi connectivity index (χ1) is 9.22. The molecule has 5 nitrogen and oxygen atoms in total. The van der Waals surface area contributed by atoms with Gasteiger partial charge in [-0.15, -0.1) is 6.42 Å². The van der Waals surface area contributed by atoms with E-state index in [1.165, 1.54) is 0 Å². The Morgan fingerprint density at radius 1 is 1.21 bits per heavy atom. The number of hydrogen-bond acceptors (Lipinski definition) is 4. The smallest absolute Gasteiger partial charge is 0.236 e. The lowest BCUT2D eigenvalue weighted by molar-refractivity contribution is -0.133. The van der Waals surface area contributed by atoms with E-state index in [2.05, 4.69) is 15.7 Å². The van der Waals surface area contributed by atoms with E-state index >= 15 is 0 Å². The van der Waals surface area contributed by atoms with Crippen molar-refractivity contribution in [3.05, 3.63) is 0 Å². The van der Waals surface area contributed by atoms with Crippen molar-refractivity contribution in [1.82, 2.24) is 14.7 Å². The zero-order chi connectivity index (χ0) is 13.7. The van der Waals surface area contributed by atoms with Gasteiger partial charge in [-0.1, -0.05) is 5.92 Å². The minimum atomic E-state index is 0.207. The van der Waals surface area contributed by atoms with Crippen LogP contribution in [-0.4, -0.2) is 84.7 Å². The first kappa shape index (κ1) is 14.3. The lowest BCUT2D eigenvalue weighted by Crippen LogP contribution is -2.51. The highest BCUT2D eigenvalue weighted by Crippen LogP contribution is 2.15. The summed E-state index contributed by atoms with van der Waals surface area (Å²) in [4.78, 5) is 18.5. The zero-order valence-corrected chi connectivity index (χ0v) is 11.4. The maximum atomic E-state index is 12.2. The van der Waals surface area contributed by atoms with Crippen LogP contribution in [-0.2, 0) is 4.79 Å². The minimum absolute atomic E-state index is 0.207. The van der Waals surface area contributed by atoms with E-state index in [9.17, 15) is 4.79 Å². The van der Waals surface area contributed by atoms with Crippen LogP contribution < -0.4 is 0 Å². The number of carbonyl (C=O) groups is 1. The molecule has 5 heteroatoms. The molecular formula is C14H23N3O2. The topological polar surface area (TPSA) is 47.0 Å². The molecule has 2 saturated heterocycles.